The zero-order chi connectivity index (χ0) is 20.7. The minimum atomic E-state index is -0.373. The van der Waals surface area contributed by atoms with Crippen molar-refractivity contribution in [2.75, 3.05) is 5.32 Å². The maximum absolute atomic E-state index is 13.2. The molecule has 0 fully saturated rings. The van der Waals surface area contributed by atoms with Gasteiger partial charge in [0.25, 0.3) is 5.91 Å². The summed E-state index contributed by atoms with van der Waals surface area (Å²) in [6.07, 6.45) is 1.58. The Morgan fingerprint density at radius 2 is 1.97 bits per heavy atom. The highest BCUT2D eigenvalue weighted by molar-refractivity contribution is 7.12. The van der Waals surface area contributed by atoms with Crippen LogP contribution in [0.4, 0.5) is 10.2 Å². The number of benzene rings is 2. The second-order valence-electron chi connectivity index (χ2n) is 6.65. The van der Waals surface area contributed by atoms with Crippen LogP contribution in [0, 0.1) is 12.7 Å². The molecule has 1 N–H and O–H groups in total. The van der Waals surface area contributed by atoms with Crippen molar-refractivity contribution in [1.82, 2.24) is 14.5 Å². The molecule has 0 spiro atoms. The zero-order valence-electron chi connectivity index (χ0n) is 15.8. The average molecular weight is 418 g/mol. The Morgan fingerprint density at radius 1 is 1.17 bits per heavy atom. The normalized spacial score (nSPS) is 11.1. The minimum Gasteiger partial charge on any atom is -0.451 e. The molecule has 6 nitrogen and oxygen atoms in total. The van der Waals surface area contributed by atoms with Gasteiger partial charge in [-0.1, -0.05) is 18.2 Å². The van der Waals surface area contributed by atoms with Crippen LogP contribution in [0.15, 0.2) is 70.6 Å². The van der Waals surface area contributed by atoms with E-state index in [1.165, 1.54) is 23.5 Å². The van der Waals surface area contributed by atoms with E-state index in [1.54, 1.807) is 29.0 Å². The van der Waals surface area contributed by atoms with Crippen molar-refractivity contribution in [1.29, 1.82) is 0 Å². The number of nitrogens with one attached hydrogen (secondary N) is 1. The molecular weight excluding hydrogens is 403 g/mol. The first-order chi connectivity index (χ1) is 14.6. The van der Waals surface area contributed by atoms with Gasteiger partial charge in [0.1, 0.15) is 23.0 Å². The first-order valence-electron chi connectivity index (χ1n) is 9.14. The summed E-state index contributed by atoms with van der Waals surface area (Å²) in [5.74, 6) is 0.707. The fourth-order valence-corrected chi connectivity index (χ4v) is 4.06. The maximum Gasteiger partial charge on any atom is 0.292 e. The van der Waals surface area contributed by atoms with E-state index in [4.69, 9.17) is 4.42 Å². The molecule has 1 amide bonds. The number of aromatic nitrogens is 3. The number of thiazole rings is 1. The maximum atomic E-state index is 13.2. The SMILES string of the molecule is Cc1ncc(NC(=O)c2cc3ccccc3o2)n1-c1nc(-c2ccc(F)cc2)cs1. The van der Waals surface area contributed by atoms with Crippen LogP contribution in [0.5, 0.6) is 0 Å². The third-order valence-corrected chi connectivity index (χ3v) is 5.48. The van der Waals surface area contributed by atoms with Gasteiger partial charge in [-0.05, 0) is 43.3 Å². The van der Waals surface area contributed by atoms with Crippen LogP contribution in [-0.4, -0.2) is 20.4 Å². The van der Waals surface area contributed by atoms with Crippen LogP contribution in [0.1, 0.15) is 16.4 Å². The summed E-state index contributed by atoms with van der Waals surface area (Å²) in [5, 5.41) is 6.23. The quantitative estimate of drug-likeness (QED) is 0.422. The van der Waals surface area contributed by atoms with E-state index in [2.05, 4.69) is 15.3 Å². The number of imidazole rings is 1. The molecule has 30 heavy (non-hydrogen) atoms. The van der Waals surface area contributed by atoms with Crippen molar-refractivity contribution >= 4 is 34.0 Å². The third kappa shape index (κ3) is 3.27. The molecule has 0 saturated heterocycles. The van der Waals surface area contributed by atoms with Crippen molar-refractivity contribution in [3.8, 4) is 16.4 Å². The minimum absolute atomic E-state index is 0.216. The molecule has 0 aliphatic carbocycles. The molecule has 5 aromatic rings. The predicted molar refractivity (Wildman–Crippen MR) is 114 cm³/mol. The van der Waals surface area contributed by atoms with Crippen molar-refractivity contribution in [2.24, 2.45) is 0 Å². The molecule has 0 saturated carbocycles. The average Bonchev–Trinajstić information content (AvgIpc) is 3.47. The van der Waals surface area contributed by atoms with Crippen molar-refractivity contribution in [3.05, 3.63) is 83.6 Å². The molecule has 0 atom stereocenters. The number of anilines is 1. The lowest BCUT2D eigenvalue weighted by molar-refractivity contribution is 0.0998. The number of amides is 1. The topological polar surface area (TPSA) is 73.0 Å². The number of nitrogens with zero attached hydrogens (tertiary/aromatic N) is 3. The number of fused-ring (bicyclic) bond motifs is 1. The van der Waals surface area contributed by atoms with E-state index < -0.39 is 0 Å². The fourth-order valence-electron chi connectivity index (χ4n) is 3.17. The van der Waals surface area contributed by atoms with Crippen molar-refractivity contribution in [3.63, 3.8) is 0 Å². The second kappa shape index (κ2) is 7.23. The number of para-hydroxylation sites is 1. The van der Waals surface area contributed by atoms with E-state index >= 15 is 0 Å². The second-order valence-corrected chi connectivity index (χ2v) is 7.49. The number of hydrogen-bond acceptors (Lipinski definition) is 5. The van der Waals surface area contributed by atoms with Gasteiger partial charge in [-0.2, -0.15) is 0 Å². The van der Waals surface area contributed by atoms with Crippen LogP contribution in [0.3, 0.4) is 0 Å². The molecule has 148 valence electrons. The van der Waals surface area contributed by atoms with Crippen LogP contribution in [0.25, 0.3) is 27.4 Å². The lowest BCUT2D eigenvalue weighted by atomic mass is 10.2. The first-order valence-corrected chi connectivity index (χ1v) is 10.0. The molecule has 0 unspecified atom stereocenters. The Morgan fingerprint density at radius 3 is 2.77 bits per heavy atom. The lowest BCUT2D eigenvalue weighted by Gasteiger charge is -2.07. The predicted octanol–water partition coefficient (Wildman–Crippen LogP) is 5.44. The summed E-state index contributed by atoms with van der Waals surface area (Å²) in [6, 6.07) is 15.3. The number of halogens is 1. The van der Waals surface area contributed by atoms with Gasteiger partial charge in [-0.15, -0.1) is 11.3 Å². The molecule has 8 heteroatoms. The number of aryl methyl sites for hydroxylation is 1. The number of carbonyl (C=O) groups excluding carboxylic acids is 1. The van der Waals surface area contributed by atoms with E-state index in [0.29, 0.717) is 22.4 Å². The van der Waals surface area contributed by atoms with Gasteiger partial charge in [0.2, 0.25) is 0 Å². The summed E-state index contributed by atoms with van der Waals surface area (Å²) < 4.78 is 20.6. The van der Waals surface area contributed by atoms with Gasteiger partial charge < -0.3 is 9.73 Å². The smallest absolute Gasteiger partial charge is 0.292 e. The van der Waals surface area contributed by atoms with Crippen LogP contribution in [0.2, 0.25) is 0 Å². The molecule has 0 aliphatic heterocycles. The van der Waals surface area contributed by atoms with E-state index in [-0.39, 0.29) is 17.5 Å². The summed E-state index contributed by atoms with van der Waals surface area (Å²) >= 11 is 1.40. The van der Waals surface area contributed by atoms with Crippen molar-refractivity contribution in [2.45, 2.75) is 6.92 Å². The van der Waals surface area contributed by atoms with Gasteiger partial charge in [-0.3, -0.25) is 9.36 Å². The highest BCUT2D eigenvalue weighted by atomic mass is 32.1. The standard InChI is InChI=1S/C22H15FN4O2S/c1-13-24-11-20(26-21(28)19-10-15-4-2-3-5-18(15)29-19)27(13)22-25-17(12-30-22)14-6-8-16(23)9-7-14/h2-12H,1H3,(H,26,28). The summed E-state index contributed by atoms with van der Waals surface area (Å²) in [5.41, 5.74) is 2.18. The zero-order valence-corrected chi connectivity index (χ0v) is 16.6. The van der Waals surface area contributed by atoms with Crippen LogP contribution >= 0.6 is 11.3 Å². The van der Waals surface area contributed by atoms with Crippen LogP contribution < -0.4 is 5.32 Å². The summed E-state index contributed by atoms with van der Waals surface area (Å²) in [7, 11) is 0. The molecule has 2 aromatic carbocycles. The van der Waals surface area contributed by atoms with Gasteiger partial charge in [0, 0.05) is 16.3 Å². The van der Waals surface area contributed by atoms with Crippen molar-refractivity contribution < 1.29 is 13.6 Å². The highest BCUT2D eigenvalue weighted by Crippen LogP contribution is 2.28. The number of carbonyl (C=O) groups is 1. The Balaban J connectivity index is 1.45. The molecule has 0 aliphatic rings. The lowest BCUT2D eigenvalue weighted by Crippen LogP contribution is -2.14. The molecule has 3 aromatic heterocycles. The Hall–Kier alpha value is -3.78. The Labute approximate surface area is 174 Å². The van der Waals surface area contributed by atoms with Gasteiger partial charge >= 0.3 is 0 Å². The molecule has 3 heterocycles. The van der Waals surface area contributed by atoms with E-state index in [9.17, 15) is 9.18 Å². The van der Waals surface area contributed by atoms with Gasteiger partial charge in [0.15, 0.2) is 10.9 Å². The monoisotopic (exact) mass is 418 g/mol. The van der Waals surface area contributed by atoms with E-state index in [0.717, 1.165) is 16.6 Å². The number of hydrogen-bond donors (Lipinski definition) is 1. The van der Waals surface area contributed by atoms with E-state index in [1.807, 2.05) is 36.6 Å². The fraction of sp³-hybridized carbons (Fsp3) is 0.0455. The molecule has 0 bridgehead atoms. The largest absolute Gasteiger partial charge is 0.451 e. The van der Waals surface area contributed by atoms with Crippen LogP contribution in [-0.2, 0) is 0 Å². The summed E-state index contributed by atoms with van der Waals surface area (Å²) in [6.45, 7) is 1.83. The summed E-state index contributed by atoms with van der Waals surface area (Å²) in [4.78, 5) is 21.7. The van der Waals surface area contributed by atoms with Gasteiger partial charge in [-0.25, -0.2) is 14.4 Å². The number of furan rings is 1. The molecule has 0 radical (unpaired) electrons. The first kappa shape index (κ1) is 18.3. The number of rotatable bonds is 4. The Kier molecular flexibility index (Phi) is 4.40. The molecular formula is C22H15FN4O2S. The Bertz CT molecular complexity index is 1330. The van der Waals surface area contributed by atoms with Gasteiger partial charge in [0.05, 0.1) is 11.9 Å². The third-order valence-electron chi connectivity index (χ3n) is 4.65. The molecule has 5 rings (SSSR count). The highest BCUT2D eigenvalue weighted by Gasteiger charge is 2.18.